The summed E-state index contributed by atoms with van der Waals surface area (Å²) in [5, 5.41) is 6.85. The molecule has 26 heavy (non-hydrogen) atoms. The molecule has 0 amide bonds. The Morgan fingerprint density at radius 1 is 1.15 bits per heavy atom. The Balaban J connectivity index is 2.26. The van der Waals surface area contributed by atoms with E-state index in [9.17, 15) is 0 Å². The molecule has 0 aromatic rings. The zero-order chi connectivity index (χ0) is 19.5. The van der Waals surface area contributed by atoms with Crippen molar-refractivity contribution in [1.82, 2.24) is 20.4 Å². The summed E-state index contributed by atoms with van der Waals surface area (Å²) in [5.74, 6) is 1.57. The van der Waals surface area contributed by atoms with E-state index in [2.05, 4.69) is 67.0 Å². The lowest BCUT2D eigenvalue weighted by atomic mass is 10.2. The number of aliphatic imine (C=N–C) groups is 1. The molecule has 1 aliphatic rings. The Morgan fingerprint density at radius 3 is 2.42 bits per heavy atom. The third-order valence-electron chi connectivity index (χ3n) is 4.78. The Morgan fingerprint density at radius 2 is 1.85 bits per heavy atom. The van der Waals surface area contributed by atoms with E-state index in [-0.39, 0.29) is 6.10 Å². The van der Waals surface area contributed by atoms with Crippen LogP contribution in [0.1, 0.15) is 48.0 Å². The van der Waals surface area contributed by atoms with Crippen molar-refractivity contribution in [2.24, 2.45) is 10.9 Å². The number of ether oxygens (including phenoxy) is 1. The van der Waals surface area contributed by atoms with Gasteiger partial charge in [-0.1, -0.05) is 13.8 Å². The summed E-state index contributed by atoms with van der Waals surface area (Å²) < 4.78 is 5.90. The van der Waals surface area contributed by atoms with Crippen molar-refractivity contribution in [3.8, 4) is 0 Å². The number of hydrogen-bond acceptors (Lipinski definition) is 4. The zero-order valence-electron chi connectivity index (χ0n) is 18.2. The van der Waals surface area contributed by atoms with Gasteiger partial charge in [0.15, 0.2) is 5.96 Å². The van der Waals surface area contributed by atoms with Crippen molar-refractivity contribution in [3.05, 3.63) is 0 Å². The molecule has 6 nitrogen and oxygen atoms in total. The standard InChI is InChI=1S/C20H43N5O/c1-16(2)14-24-11-12-26-19(15-24)13-23-20(21-7)22-9-8-10-25(17(3)4)18(5)6/h16-19H,8-15H2,1-7H3,(H2,21,22,23). The maximum Gasteiger partial charge on any atom is 0.191 e. The normalized spacial score (nSPS) is 19.8. The molecule has 0 aromatic heterocycles. The smallest absolute Gasteiger partial charge is 0.191 e. The topological polar surface area (TPSA) is 52.1 Å². The van der Waals surface area contributed by atoms with Gasteiger partial charge >= 0.3 is 0 Å². The molecule has 1 fully saturated rings. The zero-order valence-corrected chi connectivity index (χ0v) is 18.2. The van der Waals surface area contributed by atoms with Crippen LogP contribution < -0.4 is 10.6 Å². The molecular formula is C20H43N5O. The summed E-state index contributed by atoms with van der Waals surface area (Å²) >= 11 is 0. The van der Waals surface area contributed by atoms with Crippen molar-refractivity contribution < 1.29 is 4.74 Å². The fourth-order valence-corrected chi connectivity index (χ4v) is 3.60. The van der Waals surface area contributed by atoms with Crippen LogP contribution in [-0.4, -0.2) is 86.9 Å². The van der Waals surface area contributed by atoms with E-state index in [0.717, 1.165) is 58.3 Å². The molecule has 0 saturated carbocycles. The molecule has 6 heteroatoms. The monoisotopic (exact) mass is 369 g/mol. The summed E-state index contributed by atoms with van der Waals surface area (Å²) in [4.78, 5) is 9.37. The molecule has 0 aliphatic carbocycles. The highest BCUT2D eigenvalue weighted by molar-refractivity contribution is 5.79. The van der Waals surface area contributed by atoms with E-state index in [1.165, 1.54) is 0 Å². The molecule has 0 bridgehead atoms. The van der Waals surface area contributed by atoms with Gasteiger partial charge < -0.3 is 15.4 Å². The molecular weight excluding hydrogens is 326 g/mol. The minimum Gasteiger partial charge on any atom is -0.374 e. The number of morpholine rings is 1. The van der Waals surface area contributed by atoms with Crippen LogP contribution >= 0.6 is 0 Å². The average molecular weight is 370 g/mol. The predicted octanol–water partition coefficient (Wildman–Crippen LogP) is 2.02. The van der Waals surface area contributed by atoms with Crippen molar-refractivity contribution >= 4 is 5.96 Å². The fraction of sp³-hybridized carbons (Fsp3) is 0.950. The van der Waals surface area contributed by atoms with Crippen LogP contribution in [0.3, 0.4) is 0 Å². The van der Waals surface area contributed by atoms with Gasteiger partial charge in [0.2, 0.25) is 0 Å². The van der Waals surface area contributed by atoms with Gasteiger partial charge in [0.05, 0.1) is 12.7 Å². The summed E-state index contributed by atoms with van der Waals surface area (Å²) in [6.07, 6.45) is 1.34. The molecule has 1 aliphatic heterocycles. The SMILES string of the molecule is CN=C(NCCCN(C(C)C)C(C)C)NCC1CN(CC(C)C)CCO1. The minimum absolute atomic E-state index is 0.235. The minimum atomic E-state index is 0.235. The molecule has 1 atom stereocenters. The second-order valence-electron chi connectivity index (χ2n) is 8.30. The van der Waals surface area contributed by atoms with E-state index in [0.29, 0.717) is 18.0 Å². The molecule has 154 valence electrons. The van der Waals surface area contributed by atoms with Crippen LogP contribution in [0.5, 0.6) is 0 Å². The van der Waals surface area contributed by atoms with Gasteiger partial charge in [0.1, 0.15) is 0 Å². The van der Waals surface area contributed by atoms with Crippen LogP contribution in [0.15, 0.2) is 4.99 Å². The van der Waals surface area contributed by atoms with E-state index in [1.54, 1.807) is 0 Å². The highest BCUT2D eigenvalue weighted by Crippen LogP contribution is 2.07. The van der Waals surface area contributed by atoms with Gasteiger partial charge in [-0.3, -0.25) is 14.8 Å². The molecule has 0 spiro atoms. The fourth-order valence-electron chi connectivity index (χ4n) is 3.60. The first-order chi connectivity index (χ1) is 12.3. The first-order valence-corrected chi connectivity index (χ1v) is 10.4. The van der Waals surface area contributed by atoms with Gasteiger partial charge in [-0.05, 0) is 40.0 Å². The van der Waals surface area contributed by atoms with Crippen LogP contribution in [0, 0.1) is 5.92 Å². The molecule has 1 unspecified atom stereocenters. The number of guanidine groups is 1. The van der Waals surface area contributed by atoms with Crippen molar-refractivity contribution in [2.75, 3.05) is 52.9 Å². The third-order valence-corrected chi connectivity index (χ3v) is 4.78. The molecule has 0 radical (unpaired) electrons. The number of hydrogen-bond donors (Lipinski definition) is 2. The van der Waals surface area contributed by atoms with Crippen molar-refractivity contribution in [1.29, 1.82) is 0 Å². The van der Waals surface area contributed by atoms with E-state index in [4.69, 9.17) is 4.74 Å². The molecule has 1 rings (SSSR count). The quantitative estimate of drug-likeness (QED) is 0.350. The highest BCUT2D eigenvalue weighted by atomic mass is 16.5. The molecule has 2 N–H and O–H groups in total. The summed E-state index contributed by atoms with van der Waals surface area (Å²) in [6, 6.07) is 1.18. The van der Waals surface area contributed by atoms with E-state index >= 15 is 0 Å². The Bertz CT molecular complexity index is 390. The predicted molar refractivity (Wildman–Crippen MR) is 112 cm³/mol. The lowest BCUT2D eigenvalue weighted by Gasteiger charge is -2.34. The van der Waals surface area contributed by atoms with Crippen LogP contribution in [0.2, 0.25) is 0 Å². The second-order valence-corrected chi connectivity index (χ2v) is 8.30. The lowest BCUT2D eigenvalue weighted by Crippen LogP contribution is -2.50. The molecule has 1 saturated heterocycles. The van der Waals surface area contributed by atoms with E-state index in [1.807, 2.05) is 7.05 Å². The largest absolute Gasteiger partial charge is 0.374 e. The van der Waals surface area contributed by atoms with Gasteiger partial charge in [0, 0.05) is 58.4 Å². The summed E-state index contributed by atoms with van der Waals surface area (Å²) in [7, 11) is 1.83. The van der Waals surface area contributed by atoms with Crippen LogP contribution in [0.25, 0.3) is 0 Å². The third kappa shape index (κ3) is 9.19. The van der Waals surface area contributed by atoms with Gasteiger partial charge in [-0.15, -0.1) is 0 Å². The van der Waals surface area contributed by atoms with Crippen molar-refractivity contribution in [3.63, 3.8) is 0 Å². The van der Waals surface area contributed by atoms with Gasteiger partial charge in [-0.2, -0.15) is 0 Å². The first kappa shape index (κ1) is 23.2. The maximum atomic E-state index is 5.90. The summed E-state index contributed by atoms with van der Waals surface area (Å²) in [6.45, 7) is 20.5. The number of nitrogens with one attached hydrogen (secondary N) is 2. The second kappa shape index (κ2) is 12.5. The lowest BCUT2D eigenvalue weighted by molar-refractivity contribution is -0.0284. The number of rotatable bonds is 10. The van der Waals surface area contributed by atoms with Gasteiger partial charge in [-0.25, -0.2) is 0 Å². The van der Waals surface area contributed by atoms with Crippen LogP contribution in [-0.2, 0) is 4.74 Å². The van der Waals surface area contributed by atoms with Crippen LogP contribution in [0.4, 0.5) is 0 Å². The Labute approximate surface area is 161 Å². The first-order valence-electron chi connectivity index (χ1n) is 10.4. The Hall–Kier alpha value is -0.850. The average Bonchev–Trinajstić information content (AvgIpc) is 2.56. The van der Waals surface area contributed by atoms with E-state index < -0.39 is 0 Å². The highest BCUT2D eigenvalue weighted by Gasteiger charge is 2.21. The van der Waals surface area contributed by atoms with Crippen molar-refractivity contribution in [2.45, 2.75) is 66.2 Å². The Kier molecular flexibility index (Phi) is 11.2. The van der Waals surface area contributed by atoms with Gasteiger partial charge in [0.25, 0.3) is 0 Å². The number of nitrogens with zero attached hydrogens (tertiary/aromatic N) is 3. The molecule has 1 heterocycles. The maximum absolute atomic E-state index is 5.90. The summed E-state index contributed by atoms with van der Waals surface area (Å²) in [5.41, 5.74) is 0. The molecule has 0 aromatic carbocycles.